The van der Waals surface area contributed by atoms with Gasteiger partial charge in [-0.25, -0.2) is 0 Å². The number of hydrogen-bond acceptors (Lipinski definition) is 5. The number of halogens is 2. The van der Waals surface area contributed by atoms with Crippen molar-refractivity contribution in [3.8, 4) is 11.4 Å². The molecule has 4 rings (SSSR count). The SMILES string of the molecule is FC(F)Oc1ccccc1CSc1nnc(CN2CCCCC2)n1-c1ccccc1. The van der Waals surface area contributed by atoms with Crippen LogP contribution in [-0.2, 0) is 12.3 Å². The molecule has 5 nitrogen and oxygen atoms in total. The summed E-state index contributed by atoms with van der Waals surface area (Å²) in [6, 6.07) is 16.9. The zero-order chi connectivity index (χ0) is 20.8. The molecule has 0 unspecified atom stereocenters. The number of hydrogen-bond donors (Lipinski definition) is 0. The fraction of sp³-hybridized carbons (Fsp3) is 0.364. The summed E-state index contributed by atoms with van der Waals surface area (Å²) in [4.78, 5) is 2.41. The Morgan fingerprint density at radius 3 is 2.43 bits per heavy atom. The van der Waals surface area contributed by atoms with Crippen molar-refractivity contribution in [1.29, 1.82) is 0 Å². The number of nitrogens with zero attached hydrogens (tertiary/aromatic N) is 4. The lowest BCUT2D eigenvalue weighted by Crippen LogP contribution is -2.30. The van der Waals surface area contributed by atoms with Gasteiger partial charge in [0.1, 0.15) is 5.75 Å². The molecule has 0 aliphatic carbocycles. The van der Waals surface area contributed by atoms with E-state index in [1.54, 1.807) is 18.2 Å². The van der Waals surface area contributed by atoms with Crippen LogP contribution in [0.3, 0.4) is 0 Å². The summed E-state index contributed by atoms with van der Waals surface area (Å²) in [5.74, 6) is 1.54. The minimum Gasteiger partial charge on any atom is -0.435 e. The molecule has 3 aromatic rings. The van der Waals surface area contributed by atoms with Gasteiger partial charge in [0.05, 0.1) is 6.54 Å². The van der Waals surface area contributed by atoms with Gasteiger partial charge < -0.3 is 4.74 Å². The number of para-hydroxylation sites is 2. The molecule has 0 amide bonds. The molecular weight excluding hydrogens is 406 g/mol. The quantitative estimate of drug-likeness (QED) is 0.463. The first-order chi connectivity index (χ1) is 14.7. The van der Waals surface area contributed by atoms with Crippen molar-refractivity contribution in [1.82, 2.24) is 19.7 Å². The van der Waals surface area contributed by atoms with Crippen molar-refractivity contribution in [3.63, 3.8) is 0 Å². The van der Waals surface area contributed by atoms with Crippen molar-refractivity contribution in [2.24, 2.45) is 0 Å². The van der Waals surface area contributed by atoms with E-state index in [0.29, 0.717) is 11.3 Å². The number of ether oxygens (including phenoxy) is 1. The molecule has 158 valence electrons. The monoisotopic (exact) mass is 430 g/mol. The first kappa shape index (κ1) is 20.8. The van der Waals surface area contributed by atoms with Crippen LogP contribution in [0.25, 0.3) is 5.69 Å². The average molecular weight is 431 g/mol. The van der Waals surface area contributed by atoms with E-state index < -0.39 is 6.61 Å². The second-order valence-corrected chi connectivity index (χ2v) is 8.12. The Morgan fingerprint density at radius 2 is 1.67 bits per heavy atom. The van der Waals surface area contributed by atoms with Gasteiger partial charge in [-0.2, -0.15) is 8.78 Å². The average Bonchev–Trinajstić information content (AvgIpc) is 3.16. The smallest absolute Gasteiger partial charge is 0.387 e. The Morgan fingerprint density at radius 1 is 0.933 bits per heavy atom. The van der Waals surface area contributed by atoms with E-state index in [1.165, 1.54) is 31.0 Å². The molecule has 1 aliphatic heterocycles. The van der Waals surface area contributed by atoms with Gasteiger partial charge in [0.2, 0.25) is 0 Å². The van der Waals surface area contributed by atoms with Crippen molar-refractivity contribution < 1.29 is 13.5 Å². The van der Waals surface area contributed by atoms with Gasteiger partial charge in [-0.15, -0.1) is 10.2 Å². The van der Waals surface area contributed by atoms with Gasteiger partial charge >= 0.3 is 6.61 Å². The van der Waals surface area contributed by atoms with E-state index in [1.807, 2.05) is 36.4 Å². The van der Waals surface area contributed by atoms with E-state index >= 15 is 0 Å². The van der Waals surface area contributed by atoms with Crippen molar-refractivity contribution >= 4 is 11.8 Å². The number of benzene rings is 2. The number of likely N-dealkylation sites (tertiary alicyclic amines) is 1. The minimum absolute atomic E-state index is 0.194. The summed E-state index contributed by atoms with van der Waals surface area (Å²) in [5, 5.41) is 9.63. The van der Waals surface area contributed by atoms with Crippen molar-refractivity contribution in [2.45, 2.75) is 43.3 Å². The standard InChI is InChI=1S/C22H24F2N4OS/c23-21(24)29-19-12-6-5-9-17(19)16-30-22-26-25-20(15-27-13-7-2-8-14-27)28(22)18-10-3-1-4-11-18/h1,3-6,9-12,21H,2,7-8,13-16H2. The Labute approximate surface area is 179 Å². The van der Waals surface area contributed by atoms with E-state index in [0.717, 1.165) is 36.3 Å². The van der Waals surface area contributed by atoms with Gasteiger partial charge in [-0.05, 0) is 44.1 Å². The van der Waals surface area contributed by atoms with E-state index in [2.05, 4.69) is 24.4 Å². The van der Waals surface area contributed by atoms with Gasteiger partial charge in [0.15, 0.2) is 11.0 Å². The van der Waals surface area contributed by atoms with Crippen LogP contribution in [0.2, 0.25) is 0 Å². The summed E-state index contributed by atoms with van der Waals surface area (Å²) in [7, 11) is 0. The molecule has 0 N–H and O–H groups in total. The van der Waals surface area contributed by atoms with Crippen molar-refractivity contribution in [3.05, 3.63) is 66.0 Å². The predicted molar refractivity (Wildman–Crippen MR) is 113 cm³/mol. The molecule has 1 saturated heterocycles. The van der Waals surface area contributed by atoms with Crippen LogP contribution in [0, 0.1) is 0 Å². The van der Waals surface area contributed by atoms with E-state index in [4.69, 9.17) is 0 Å². The third-order valence-electron chi connectivity index (χ3n) is 5.07. The maximum Gasteiger partial charge on any atom is 0.387 e. The van der Waals surface area contributed by atoms with Crippen LogP contribution < -0.4 is 4.74 Å². The fourth-order valence-electron chi connectivity index (χ4n) is 3.63. The summed E-state index contributed by atoms with van der Waals surface area (Å²) in [6.45, 7) is 0.0404. The second kappa shape index (κ2) is 10.0. The van der Waals surface area contributed by atoms with Crippen LogP contribution >= 0.6 is 11.8 Å². The minimum atomic E-state index is -2.85. The first-order valence-electron chi connectivity index (χ1n) is 10.1. The number of alkyl halides is 2. The third-order valence-corrected chi connectivity index (χ3v) is 6.05. The Kier molecular flexibility index (Phi) is 6.96. The molecule has 0 spiro atoms. The molecule has 30 heavy (non-hydrogen) atoms. The maximum atomic E-state index is 12.7. The molecule has 0 bridgehead atoms. The molecule has 2 aromatic carbocycles. The first-order valence-corrected chi connectivity index (χ1v) is 11.1. The van der Waals surface area contributed by atoms with Crippen LogP contribution in [0.1, 0.15) is 30.7 Å². The Hall–Kier alpha value is -2.45. The zero-order valence-electron chi connectivity index (χ0n) is 16.6. The van der Waals surface area contributed by atoms with Crippen molar-refractivity contribution in [2.75, 3.05) is 13.1 Å². The largest absolute Gasteiger partial charge is 0.435 e. The van der Waals surface area contributed by atoms with Crippen LogP contribution in [0.4, 0.5) is 8.78 Å². The van der Waals surface area contributed by atoms with Gasteiger partial charge in [0.25, 0.3) is 0 Å². The molecule has 0 radical (unpaired) electrons. The lowest BCUT2D eigenvalue weighted by atomic mass is 10.1. The highest BCUT2D eigenvalue weighted by Gasteiger charge is 2.19. The fourth-order valence-corrected chi connectivity index (χ4v) is 4.59. The molecule has 0 atom stereocenters. The van der Waals surface area contributed by atoms with E-state index in [-0.39, 0.29) is 5.75 Å². The van der Waals surface area contributed by atoms with Gasteiger partial charge in [0, 0.05) is 17.0 Å². The molecule has 1 aromatic heterocycles. The molecule has 1 aliphatic rings. The molecule has 0 saturated carbocycles. The number of thioether (sulfide) groups is 1. The predicted octanol–water partition coefficient (Wildman–Crippen LogP) is 5.15. The molecular formula is C22H24F2N4OS. The summed E-state index contributed by atoms with van der Waals surface area (Å²) < 4.78 is 32.2. The maximum absolute atomic E-state index is 12.7. The molecule has 8 heteroatoms. The Balaban J connectivity index is 1.57. The van der Waals surface area contributed by atoms with Crippen LogP contribution in [0.15, 0.2) is 59.8 Å². The van der Waals surface area contributed by atoms with Gasteiger partial charge in [-0.1, -0.05) is 54.6 Å². The lowest BCUT2D eigenvalue weighted by molar-refractivity contribution is -0.0503. The molecule has 1 fully saturated rings. The van der Waals surface area contributed by atoms with E-state index in [9.17, 15) is 8.78 Å². The third kappa shape index (κ3) is 5.17. The number of piperidine rings is 1. The number of rotatable bonds is 8. The second-order valence-electron chi connectivity index (χ2n) is 7.18. The zero-order valence-corrected chi connectivity index (χ0v) is 17.4. The Bertz CT molecular complexity index is 945. The van der Waals surface area contributed by atoms with Crippen LogP contribution in [-0.4, -0.2) is 39.4 Å². The number of aromatic nitrogens is 3. The molecule has 2 heterocycles. The lowest BCUT2D eigenvalue weighted by Gasteiger charge is -2.26. The highest BCUT2D eigenvalue weighted by Crippen LogP contribution is 2.30. The van der Waals surface area contributed by atoms with Crippen LogP contribution in [0.5, 0.6) is 5.75 Å². The van der Waals surface area contributed by atoms with Gasteiger partial charge in [-0.3, -0.25) is 9.47 Å². The summed E-state index contributed by atoms with van der Waals surface area (Å²) >= 11 is 1.47. The highest BCUT2D eigenvalue weighted by molar-refractivity contribution is 7.98. The topological polar surface area (TPSA) is 43.2 Å². The summed E-state index contributed by atoms with van der Waals surface area (Å²) in [6.07, 6.45) is 3.70. The summed E-state index contributed by atoms with van der Waals surface area (Å²) in [5.41, 5.74) is 1.69. The normalized spacial score (nSPS) is 14.9. The highest BCUT2D eigenvalue weighted by atomic mass is 32.2.